The lowest BCUT2D eigenvalue weighted by molar-refractivity contribution is 0.394. The Morgan fingerprint density at radius 3 is 2.87 bits per heavy atom. The van der Waals surface area contributed by atoms with Crippen LogP contribution in [0.1, 0.15) is 0 Å². The summed E-state index contributed by atoms with van der Waals surface area (Å²) in [6, 6.07) is 7.29. The molecule has 116 valence electrons. The summed E-state index contributed by atoms with van der Waals surface area (Å²) in [7, 11) is 1.59. The molecule has 0 aliphatic carbocycles. The maximum absolute atomic E-state index is 13.3. The van der Waals surface area contributed by atoms with E-state index in [2.05, 4.69) is 9.97 Å². The molecule has 0 N–H and O–H groups in total. The van der Waals surface area contributed by atoms with E-state index in [0.29, 0.717) is 16.7 Å². The molecule has 0 unspecified atom stereocenters. The number of hydrogen-bond donors (Lipinski definition) is 0. The zero-order valence-corrected chi connectivity index (χ0v) is 13.5. The Labute approximate surface area is 140 Å². The van der Waals surface area contributed by atoms with E-state index in [-0.39, 0.29) is 12.3 Å². The fourth-order valence-electron chi connectivity index (χ4n) is 2.70. The van der Waals surface area contributed by atoms with E-state index < -0.39 is 0 Å². The zero-order valence-electron chi connectivity index (χ0n) is 11.9. The highest BCUT2D eigenvalue weighted by Crippen LogP contribution is 2.38. The molecule has 5 nitrogen and oxygen atoms in total. The first-order valence-corrected chi connectivity index (χ1v) is 7.75. The van der Waals surface area contributed by atoms with Crippen molar-refractivity contribution in [2.45, 2.75) is 0 Å². The third-order valence-corrected chi connectivity index (χ3v) is 4.30. The van der Waals surface area contributed by atoms with Crippen LogP contribution in [0.3, 0.4) is 0 Å². The van der Waals surface area contributed by atoms with Crippen molar-refractivity contribution < 1.29 is 8.62 Å². The van der Waals surface area contributed by atoms with Crippen LogP contribution in [-0.4, -0.2) is 25.5 Å². The number of imidazole rings is 1. The Morgan fingerprint density at radius 2 is 2.09 bits per heavy atom. The molecular formula is C15H10ClFN4OS. The van der Waals surface area contributed by atoms with E-state index in [9.17, 15) is 3.89 Å². The van der Waals surface area contributed by atoms with Crippen LogP contribution < -0.4 is 4.74 Å². The predicted molar refractivity (Wildman–Crippen MR) is 89.6 cm³/mol. The Bertz CT molecular complexity index is 1030. The van der Waals surface area contributed by atoms with Gasteiger partial charge in [0.15, 0.2) is 18.0 Å². The molecule has 0 atom stereocenters. The van der Waals surface area contributed by atoms with Gasteiger partial charge in [-0.2, -0.15) is 0 Å². The van der Waals surface area contributed by atoms with Crippen LogP contribution in [-0.2, 0) is 0 Å². The Hall–Kier alpha value is -2.25. The first-order valence-electron chi connectivity index (χ1n) is 6.70. The molecule has 0 amide bonds. The molecule has 4 heterocycles. The smallest absolute Gasteiger partial charge is 0.207 e. The molecule has 0 spiro atoms. The van der Waals surface area contributed by atoms with Crippen molar-refractivity contribution in [2.75, 3.05) is 7.11 Å². The highest BCUT2D eigenvalue weighted by Gasteiger charge is 2.18. The topological polar surface area (TPSA) is 44.3 Å². The monoisotopic (exact) mass is 348 g/mol. The minimum absolute atomic E-state index is 0.0768. The molecule has 23 heavy (non-hydrogen) atoms. The summed E-state index contributed by atoms with van der Waals surface area (Å²) >= 11 is 6.01. The molecule has 8 heteroatoms. The molecule has 0 aromatic carbocycles. The fraction of sp³-hybridized carbons (Fsp3) is 0.0667. The molecule has 0 aliphatic rings. The van der Waals surface area contributed by atoms with Crippen LogP contribution in [0, 0.1) is 0 Å². The lowest BCUT2D eigenvalue weighted by atomic mass is 10.1. The molecule has 4 rings (SSSR count). The number of pyridine rings is 2. The minimum atomic E-state index is 0.0768. The normalized spacial score (nSPS) is 11.4. The van der Waals surface area contributed by atoms with Gasteiger partial charge in [-0.3, -0.25) is 4.40 Å². The number of rotatable bonds is 3. The van der Waals surface area contributed by atoms with Crippen molar-refractivity contribution in [1.29, 1.82) is 0 Å². The van der Waals surface area contributed by atoms with Gasteiger partial charge in [0, 0.05) is 35.1 Å². The van der Waals surface area contributed by atoms with E-state index in [1.165, 1.54) is 3.97 Å². The quantitative estimate of drug-likeness (QED) is 0.515. The van der Waals surface area contributed by atoms with E-state index in [1.54, 1.807) is 25.6 Å². The van der Waals surface area contributed by atoms with Gasteiger partial charge in [-0.15, -0.1) is 3.89 Å². The molecular weight excluding hydrogens is 339 g/mol. The Kier molecular flexibility index (Phi) is 3.39. The van der Waals surface area contributed by atoms with Crippen molar-refractivity contribution in [3.63, 3.8) is 0 Å². The van der Waals surface area contributed by atoms with Gasteiger partial charge in [0.2, 0.25) is 5.88 Å². The fourth-order valence-corrected chi connectivity index (χ4v) is 3.19. The second-order valence-electron chi connectivity index (χ2n) is 4.85. The van der Waals surface area contributed by atoms with Crippen molar-refractivity contribution in [3.8, 4) is 17.0 Å². The van der Waals surface area contributed by atoms with E-state index in [1.807, 2.05) is 28.8 Å². The average Bonchev–Trinajstić information content (AvgIpc) is 3.17. The summed E-state index contributed by atoms with van der Waals surface area (Å²) in [5, 5.41) is 1.10. The number of hydrogen-bond acceptors (Lipinski definition) is 4. The SMILES string of the molecule is COc1c(-c2cn(SF)c3nc(Cl)ccc23)ccc2nccn12. The van der Waals surface area contributed by atoms with Gasteiger partial charge in [0.1, 0.15) is 10.8 Å². The molecule has 0 radical (unpaired) electrons. The summed E-state index contributed by atoms with van der Waals surface area (Å²) in [5.41, 5.74) is 2.87. The van der Waals surface area contributed by atoms with Crippen molar-refractivity contribution in [1.82, 2.24) is 18.3 Å². The van der Waals surface area contributed by atoms with Gasteiger partial charge in [-0.25, -0.2) is 13.9 Å². The van der Waals surface area contributed by atoms with Crippen LogP contribution in [0.2, 0.25) is 5.15 Å². The van der Waals surface area contributed by atoms with Crippen LogP contribution in [0.5, 0.6) is 5.88 Å². The molecule has 0 bridgehead atoms. The van der Waals surface area contributed by atoms with Gasteiger partial charge in [0.25, 0.3) is 0 Å². The number of ether oxygens (including phenoxy) is 1. The minimum Gasteiger partial charge on any atom is -0.481 e. The second-order valence-corrected chi connectivity index (χ2v) is 5.77. The zero-order chi connectivity index (χ0) is 16.0. The molecule has 4 aromatic rings. The van der Waals surface area contributed by atoms with Gasteiger partial charge in [0.05, 0.1) is 7.11 Å². The first kappa shape index (κ1) is 14.3. The highest BCUT2D eigenvalue weighted by atomic mass is 35.5. The lowest BCUT2D eigenvalue weighted by Crippen LogP contribution is -1.96. The third-order valence-electron chi connectivity index (χ3n) is 3.66. The maximum atomic E-state index is 13.3. The third kappa shape index (κ3) is 2.15. The number of aromatic nitrogens is 4. The van der Waals surface area contributed by atoms with Crippen molar-refractivity contribution in [2.24, 2.45) is 0 Å². The summed E-state index contributed by atoms with van der Waals surface area (Å²) in [6.45, 7) is 0. The van der Waals surface area contributed by atoms with Crippen LogP contribution in [0.25, 0.3) is 27.8 Å². The number of nitrogens with zero attached hydrogens (tertiary/aromatic N) is 4. The van der Waals surface area contributed by atoms with E-state index in [0.717, 1.165) is 22.2 Å². The molecule has 0 fully saturated rings. The van der Waals surface area contributed by atoms with Crippen LogP contribution in [0.4, 0.5) is 3.89 Å². The largest absolute Gasteiger partial charge is 0.481 e. The van der Waals surface area contributed by atoms with Crippen LogP contribution in [0.15, 0.2) is 42.9 Å². The predicted octanol–water partition coefficient (Wildman–Crippen LogP) is 4.39. The van der Waals surface area contributed by atoms with Gasteiger partial charge in [-0.05, 0) is 24.3 Å². The molecule has 0 saturated heterocycles. The lowest BCUT2D eigenvalue weighted by Gasteiger charge is -2.10. The summed E-state index contributed by atoms with van der Waals surface area (Å²) < 4.78 is 22.0. The number of halogens is 2. The number of methoxy groups -OCH3 is 1. The maximum Gasteiger partial charge on any atom is 0.207 e. The summed E-state index contributed by atoms with van der Waals surface area (Å²) in [4.78, 5) is 8.45. The van der Waals surface area contributed by atoms with Crippen molar-refractivity contribution >= 4 is 40.6 Å². The average molecular weight is 349 g/mol. The second kappa shape index (κ2) is 5.43. The Morgan fingerprint density at radius 1 is 1.22 bits per heavy atom. The summed E-state index contributed by atoms with van der Waals surface area (Å²) in [5.74, 6) is 0.623. The van der Waals surface area contributed by atoms with Crippen molar-refractivity contribution in [3.05, 3.63) is 48.0 Å². The van der Waals surface area contributed by atoms with Gasteiger partial charge < -0.3 is 4.74 Å². The van der Waals surface area contributed by atoms with Crippen LogP contribution >= 0.6 is 23.9 Å². The standard InChI is InChI=1S/C15H10ClFN4OS/c1-22-15-10(3-5-13-18-6-7-20(13)15)11-8-21(23-17)14-9(11)2-4-12(16)19-14/h2-8H,1H3. The Balaban J connectivity index is 2.06. The highest BCUT2D eigenvalue weighted by molar-refractivity contribution is 7.92. The summed E-state index contributed by atoms with van der Waals surface area (Å²) in [6.07, 6.45) is 5.19. The molecule has 0 saturated carbocycles. The van der Waals surface area contributed by atoms with Gasteiger partial charge >= 0.3 is 0 Å². The number of fused-ring (bicyclic) bond motifs is 2. The van der Waals surface area contributed by atoms with E-state index in [4.69, 9.17) is 16.3 Å². The molecule has 4 aromatic heterocycles. The first-order chi connectivity index (χ1) is 11.2. The van der Waals surface area contributed by atoms with E-state index >= 15 is 0 Å². The van der Waals surface area contributed by atoms with Gasteiger partial charge in [-0.1, -0.05) is 11.6 Å². The molecule has 0 aliphatic heterocycles.